The molecular formula is C20H38O6. The highest BCUT2D eigenvalue weighted by molar-refractivity contribution is 5.71. The summed E-state index contributed by atoms with van der Waals surface area (Å²) in [6.45, 7) is 10.3. The summed E-state index contributed by atoms with van der Waals surface area (Å²) in [5.41, 5.74) is 0. The van der Waals surface area contributed by atoms with Gasteiger partial charge in [0.1, 0.15) is 6.10 Å². The number of carbonyl (C=O) groups is 1. The van der Waals surface area contributed by atoms with Gasteiger partial charge in [0.15, 0.2) is 6.29 Å². The fraction of sp³-hybridized carbons (Fsp3) is 0.950. The third-order valence-electron chi connectivity index (χ3n) is 5.32. The van der Waals surface area contributed by atoms with Gasteiger partial charge in [0.05, 0.1) is 30.8 Å². The lowest BCUT2D eigenvalue weighted by atomic mass is 10.0. The third kappa shape index (κ3) is 7.91. The highest BCUT2D eigenvalue weighted by atomic mass is 16.7. The van der Waals surface area contributed by atoms with E-state index in [1.165, 1.54) is 0 Å². The molecule has 1 rings (SSSR count). The second kappa shape index (κ2) is 11.9. The van der Waals surface area contributed by atoms with Crippen LogP contribution >= 0.6 is 0 Å². The summed E-state index contributed by atoms with van der Waals surface area (Å²) < 4.78 is 16.7. The zero-order valence-electron chi connectivity index (χ0n) is 17.0. The maximum absolute atomic E-state index is 12.1. The summed E-state index contributed by atoms with van der Waals surface area (Å²) in [5.74, 6) is 0.199. The molecule has 0 aliphatic carbocycles. The SMILES string of the molecule is CCC(CC)COC(=O)C(C)CCC[C@@H](C)OC1O[C@@H](C)C(O)C[C@H]1O. The van der Waals surface area contributed by atoms with Crippen LogP contribution in [0.4, 0.5) is 0 Å². The zero-order chi connectivity index (χ0) is 19.7. The van der Waals surface area contributed by atoms with E-state index in [2.05, 4.69) is 13.8 Å². The van der Waals surface area contributed by atoms with Crippen LogP contribution in [0.25, 0.3) is 0 Å². The summed E-state index contributed by atoms with van der Waals surface area (Å²) in [5, 5.41) is 19.6. The number of hydrogen-bond acceptors (Lipinski definition) is 6. The van der Waals surface area contributed by atoms with E-state index in [0.717, 1.165) is 32.1 Å². The van der Waals surface area contributed by atoms with E-state index in [1.807, 2.05) is 13.8 Å². The van der Waals surface area contributed by atoms with Crippen molar-refractivity contribution < 1.29 is 29.2 Å². The van der Waals surface area contributed by atoms with Gasteiger partial charge in [-0.05, 0) is 32.6 Å². The number of aliphatic hydroxyl groups excluding tert-OH is 2. The van der Waals surface area contributed by atoms with Gasteiger partial charge in [0, 0.05) is 6.42 Å². The maximum Gasteiger partial charge on any atom is 0.308 e. The highest BCUT2D eigenvalue weighted by Gasteiger charge is 2.35. The molecule has 6 nitrogen and oxygen atoms in total. The summed E-state index contributed by atoms with van der Waals surface area (Å²) in [4.78, 5) is 12.1. The Bertz CT molecular complexity index is 398. The minimum atomic E-state index is -0.817. The van der Waals surface area contributed by atoms with E-state index in [4.69, 9.17) is 14.2 Å². The second-order valence-corrected chi connectivity index (χ2v) is 7.67. The molecule has 6 heteroatoms. The van der Waals surface area contributed by atoms with Gasteiger partial charge < -0.3 is 24.4 Å². The molecule has 0 aromatic heterocycles. The number of esters is 1. The molecule has 6 atom stereocenters. The van der Waals surface area contributed by atoms with Gasteiger partial charge in [0.2, 0.25) is 0 Å². The van der Waals surface area contributed by atoms with E-state index < -0.39 is 18.5 Å². The van der Waals surface area contributed by atoms with Crippen molar-refractivity contribution in [2.75, 3.05) is 6.61 Å². The fourth-order valence-corrected chi connectivity index (χ4v) is 3.06. The number of hydrogen-bond donors (Lipinski definition) is 2. The van der Waals surface area contributed by atoms with Crippen molar-refractivity contribution in [1.82, 2.24) is 0 Å². The molecule has 0 aromatic rings. The Kier molecular flexibility index (Phi) is 10.7. The van der Waals surface area contributed by atoms with Crippen LogP contribution in [0.1, 0.15) is 73.1 Å². The first-order chi connectivity index (χ1) is 12.3. The number of rotatable bonds is 11. The molecule has 1 aliphatic heterocycles. The Hall–Kier alpha value is -0.690. The quantitative estimate of drug-likeness (QED) is 0.541. The smallest absolute Gasteiger partial charge is 0.308 e. The van der Waals surface area contributed by atoms with Crippen molar-refractivity contribution >= 4 is 5.97 Å². The van der Waals surface area contributed by atoms with Crippen LogP contribution in [0.2, 0.25) is 0 Å². The molecule has 1 saturated heterocycles. The molecule has 26 heavy (non-hydrogen) atoms. The van der Waals surface area contributed by atoms with E-state index in [1.54, 1.807) is 6.92 Å². The Morgan fingerprint density at radius 1 is 1.15 bits per heavy atom. The summed E-state index contributed by atoms with van der Waals surface area (Å²) >= 11 is 0. The van der Waals surface area contributed by atoms with Gasteiger partial charge in [-0.25, -0.2) is 0 Å². The predicted octanol–water partition coefficient (Wildman–Crippen LogP) is 3.03. The van der Waals surface area contributed by atoms with Gasteiger partial charge in [-0.15, -0.1) is 0 Å². The standard InChI is InChI=1S/C20H38O6/c1-6-16(7-2)12-24-19(23)13(3)9-8-10-14(4)25-20-18(22)11-17(21)15(5)26-20/h13-18,20-22H,6-12H2,1-5H3/t13?,14-,15+,17?,18-,20?/m1/s1. The van der Waals surface area contributed by atoms with Crippen LogP contribution in [0.3, 0.4) is 0 Å². The molecule has 2 N–H and O–H groups in total. The van der Waals surface area contributed by atoms with Crippen molar-refractivity contribution in [3.05, 3.63) is 0 Å². The molecule has 0 saturated carbocycles. The number of ether oxygens (including phenoxy) is 3. The molecule has 0 spiro atoms. The van der Waals surface area contributed by atoms with Gasteiger partial charge in [-0.3, -0.25) is 4.79 Å². The summed E-state index contributed by atoms with van der Waals surface area (Å²) in [6, 6.07) is 0. The first-order valence-electron chi connectivity index (χ1n) is 10.1. The van der Waals surface area contributed by atoms with Crippen LogP contribution in [-0.4, -0.2) is 53.5 Å². The molecule has 0 aromatic carbocycles. The van der Waals surface area contributed by atoms with E-state index >= 15 is 0 Å². The van der Waals surface area contributed by atoms with Gasteiger partial charge >= 0.3 is 5.97 Å². The fourth-order valence-electron chi connectivity index (χ4n) is 3.06. The van der Waals surface area contributed by atoms with Crippen molar-refractivity contribution in [3.63, 3.8) is 0 Å². The zero-order valence-corrected chi connectivity index (χ0v) is 17.0. The van der Waals surface area contributed by atoms with Crippen molar-refractivity contribution in [3.8, 4) is 0 Å². The average Bonchev–Trinajstić information content (AvgIpc) is 2.60. The second-order valence-electron chi connectivity index (χ2n) is 7.67. The van der Waals surface area contributed by atoms with Gasteiger partial charge in [0.25, 0.3) is 0 Å². The predicted molar refractivity (Wildman–Crippen MR) is 99.6 cm³/mol. The average molecular weight is 375 g/mol. The first-order valence-corrected chi connectivity index (χ1v) is 10.1. The third-order valence-corrected chi connectivity index (χ3v) is 5.32. The minimum Gasteiger partial charge on any atom is -0.465 e. The Morgan fingerprint density at radius 2 is 1.81 bits per heavy atom. The van der Waals surface area contributed by atoms with Crippen LogP contribution < -0.4 is 0 Å². The molecule has 3 unspecified atom stereocenters. The lowest BCUT2D eigenvalue weighted by Crippen LogP contribution is -2.48. The van der Waals surface area contributed by atoms with Crippen molar-refractivity contribution in [2.45, 2.75) is 104 Å². The summed E-state index contributed by atoms with van der Waals surface area (Å²) in [6.07, 6.45) is 2.05. The Balaban J connectivity index is 2.24. The Morgan fingerprint density at radius 3 is 2.42 bits per heavy atom. The maximum atomic E-state index is 12.1. The lowest BCUT2D eigenvalue weighted by molar-refractivity contribution is -0.273. The topological polar surface area (TPSA) is 85.2 Å². The number of carbonyl (C=O) groups excluding carboxylic acids is 1. The molecule has 154 valence electrons. The van der Waals surface area contributed by atoms with E-state index in [0.29, 0.717) is 12.5 Å². The van der Waals surface area contributed by atoms with Gasteiger partial charge in [-0.1, -0.05) is 40.0 Å². The van der Waals surface area contributed by atoms with E-state index in [9.17, 15) is 15.0 Å². The summed E-state index contributed by atoms with van der Waals surface area (Å²) in [7, 11) is 0. The van der Waals surface area contributed by atoms with Crippen molar-refractivity contribution in [2.24, 2.45) is 11.8 Å². The van der Waals surface area contributed by atoms with Gasteiger partial charge in [-0.2, -0.15) is 0 Å². The van der Waals surface area contributed by atoms with Crippen LogP contribution in [0.15, 0.2) is 0 Å². The molecule has 1 fully saturated rings. The molecular weight excluding hydrogens is 336 g/mol. The Labute approximate surface area is 158 Å². The monoisotopic (exact) mass is 374 g/mol. The number of aliphatic hydroxyl groups is 2. The molecule has 1 aliphatic rings. The van der Waals surface area contributed by atoms with Crippen LogP contribution in [0.5, 0.6) is 0 Å². The largest absolute Gasteiger partial charge is 0.465 e. The van der Waals surface area contributed by atoms with Crippen molar-refractivity contribution in [1.29, 1.82) is 0 Å². The van der Waals surface area contributed by atoms with Crippen LogP contribution in [-0.2, 0) is 19.0 Å². The minimum absolute atomic E-state index is 0.0927. The molecule has 0 bridgehead atoms. The van der Waals surface area contributed by atoms with E-state index in [-0.39, 0.29) is 30.5 Å². The molecule has 1 heterocycles. The normalized spacial score (nSPS) is 28.8. The highest BCUT2D eigenvalue weighted by Crippen LogP contribution is 2.23. The molecule has 0 radical (unpaired) electrons. The first kappa shape index (κ1) is 23.3. The lowest BCUT2D eigenvalue weighted by Gasteiger charge is -2.36. The van der Waals surface area contributed by atoms with Crippen LogP contribution in [0, 0.1) is 11.8 Å². The molecule has 0 amide bonds.